The van der Waals surface area contributed by atoms with Crippen molar-refractivity contribution in [1.29, 1.82) is 5.26 Å². The number of carbonyl (C=O) groups is 1. The van der Waals surface area contributed by atoms with E-state index in [1.54, 1.807) is 23.9 Å². The molecule has 3 aromatic rings. The van der Waals surface area contributed by atoms with E-state index in [9.17, 15) is 10.1 Å². The van der Waals surface area contributed by atoms with E-state index >= 15 is 0 Å². The van der Waals surface area contributed by atoms with Crippen LogP contribution in [0.5, 0.6) is 0 Å². The summed E-state index contributed by atoms with van der Waals surface area (Å²) in [6, 6.07) is 13.8. The third-order valence-electron chi connectivity index (χ3n) is 4.48. The Morgan fingerprint density at radius 2 is 1.92 bits per heavy atom. The smallest absolute Gasteiger partial charge is 0.256 e. The first-order valence-electron chi connectivity index (χ1n) is 8.61. The Morgan fingerprint density at radius 3 is 2.50 bits per heavy atom. The fourth-order valence-electron chi connectivity index (χ4n) is 2.95. The molecular formula is C21H21N3O2. The van der Waals surface area contributed by atoms with Gasteiger partial charge < -0.3 is 9.73 Å². The standard InChI is InChI=1S/C21H21N3O2/c1-4-16-7-9-17(10-8-16)14(2)23-20(25)19-15(3)26-21(18(19)13-22)24-11-5-6-12-24/h5-12,14H,4H2,1-3H3,(H,23,25)/t14-/m0/s1. The molecule has 0 radical (unpaired) electrons. The fraction of sp³-hybridized carbons (Fsp3) is 0.238. The van der Waals surface area contributed by atoms with Crippen LogP contribution in [-0.4, -0.2) is 10.5 Å². The number of nitriles is 1. The molecule has 2 aromatic heterocycles. The van der Waals surface area contributed by atoms with E-state index in [-0.39, 0.29) is 23.1 Å². The van der Waals surface area contributed by atoms with Gasteiger partial charge in [-0.05, 0) is 43.5 Å². The normalized spacial score (nSPS) is 11.8. The number of carbonyl (C=O) groups excluding carboxylic acids is 1. The summed E-state index contributed by atoms with van der Waals surface area (Å²) in [5, 5.41) is 12.5. The fourth-order valence-corrected chi connectivity index (χ4v) is 2.95. The number of nitrogens with one attached hydrogen (secondary N) is 1. The summed E-state index contributed by atoms with van der Waals surface area (Å²) >= 11 is 0. The highest BCUT2D eigenvalue weighted by Gasteiger charge is 2.25. The minimum atomic E-state index is -0.312. The summed E-state index contributed by atoms with van der Waals surface area (Å²) in [7, 11) is 0. The monoisotopic (exact) mass is 347 g/mol. The molecule has 0 aliphatic carbocycles. The van der Waals surface area contributed by atoms with Gasteiger partial charge in [-0.15, -0.1) is 0 Å². The number of rotatable bonds is 5. The minimum Gasteiger partial charge on any atom is -0.443 e. The van der Waals surface area contributed by atoms with Crippen LogP contribution < -0.4 is 5.32 Å². The first-order chi connectivity index (χ1) is 12.5. The zero-order valence-corrected chi connectivity index (χ0v) is 15.1. The Labute approximate surface area is 152 Å². The molecule has 0 saturated carbocycles. The quantitative estimate of drug-likeness (QED) is 0.748. The first kappa shape index (κ1) is 17.6. The number of furan rings is 1. The van der Waals surface area contributed by atoms with E-state index in [0.29, 0.717) is 11.6 Å². The van der Waals surface area contributed by atoms with Crippen LogP contribution in [0.2, 0.25) is 0 Å². The molecule has 0 fully saturated rings. The molecule has 0 aliphatic rings. The first-order valence-corrected chi connectivity index (χ1v) is 8.61. The molecular weight excluding hydrogens is 326 g/mol. The predicted molar refractivity (Wildman–Crippen MR) is 99.2 cm³/mol. The lowest BCUT2D eigenvalue weighted by Gasteiger charge is -2.14. The summed E-state index contributed by atoms with van der Waals surface area (Å²) in [5.41, 5.74) is 2.79. The summed E-state index contributed by atoms with van der Waals surface area (Å²) in [4.78, 5) is 12.8. The minimum absolute atomic E-state index is 0.177. The number of nitrogens with zero attached hydrogens (tertiary/aromatic N) is 2. The Balaban J connectivity index is 1.87. The SMILES string of the molecule is CCc1ccc([C@H](C)NC(=O)c2c(C)oc(-n3cccc3)c2C#N)cc1. The molecule has 0 aliphatic heterocycles. The van der Waals surface area contributed by atoms with Crippen molar-refractivity contribution in [3.63, 3.8) is 0 Å². The number of aromatic nitrogens is 1. The molecule has 0 bridgehead atoms. The van der Waals surface area contributed by atoms with Crippen molar-refractivity contribution in [2.24, 2.45) is 0 Å². The van der Waals surface area contributed by atoms with Crippen LogP contribution in [0.4, 0.5) is 0 Å². The lowest BCUT2D eigenvalue weighted by Crippen LogP contribution is -2.27. The Bertz CT molecular complexity index is 945. The van der Waals surface area contributed by atoms with Gasteiger partial charge in [0, 0.05) is 12.4 Å². The van der Waals surface area contributed by atoms with E-state index in [1.807, 2.05) is 31.2 Å². The van der Waals surface area contributed by atoms with Crippen molar-refractivity contribution >= 4 is 5.91 Å². The van der Waals surface area contributed by atoms with Gasteiger partial charge >= 0.3 is 0 Å². The third-order valence-corrected chi connectivity index (χ3v) is 4.48. The number of hydrogen-bond donors (Lipinski definition) is 1. The molecule has 26 heavy (non-hydrogen) atoms. The molecule has 132 valence electrons. The molecule has 5 nitrogen and oxygen atoms in total. The molecule has 0 spiro atoms. The van der Waals surface area contributed by atoms with Crippen molar-refractivity contribution in [3.05, 3.63) is 76.8 Å². The number of benzene rings is 1. The molecule has 5 heteroatoms. The maximum Gasteiger partial charge on any atom is 0.256 e. The van der Waals surface area contributed by atoms with Crippen LogP contribution in [0, 0.1) is 18.3 Å². The summed E-state index contributed by atoms with van der Waals surface area (Å²) in [5.74, 6) is 0.477. The molecule has 0 unspecified atom stereocenters. The van der Waals surface area contributed by atoms with Gasteiger partial charge in [-0.3, -0.25) is 9.36 Å². The van der Waals surface area contributed by atoms with Gasteiger partial charge in [0.25, 0.3) is 5.91 Å². The summed E-state index contributed by atoms with van der Waals surface area (Å²) in [6.07, 6.45) is 4.53. The van der Waals surface area contributed by atoms with Gasteiger partial charge in [-0.2, -0.15) is 5.26 Å². The number of aryl methyl sites for hydroxylation is 2. The highest BCUT2D eigenvalue weighted by molar-refractivity contribution is 5.98. The van der Waals surface area contributed by atoms with Gasteiger partial charge in [-0.25, -0.2) is 0 Å². The second-order valence-electron chi connectivity index (χ2n) is 6.21. The molecule has 1 amide bonds. The molecule has 0 saturated heterocycles. The highest BCUT2D eigenvalue weighted by Crippen LogP contribution is 2.26. The van der Waals surface area contributed by atoms with Crippen molar-refractivity contribution in [1.82, 2.24) is 9.88 Å². The van der Waals surface area contributed by atoms with Crippen LogP contribution in [0.3, 0.4) is 0 Å². The highest BCUT2D eigenvalue weighted by atomic mass is 16.4. The van der Waals surface area contributed by atoms with Gasteiger partial charge in [0.2, 0.25) is 5.88 Å². The van der Waals surface area contributed by atoms with Crippen LogP contribution in [-0.2, 0) is 6.42 Å². The van der Waals surface area contributed by atoms with Crippen LogP contribution in [0.15, 0.2) is 53.2 Å². The largest absolute Gasteiger partial charge is 0.443 e. The lowest BCUT2D eigenvalue weighted by atomic mass is 10.0. The Kier molecular flexibility index (Phi) is 4.94. The summed E-state index contributed by atoms with van der Waals surface area (Å²) < 4.78 is 7.39. The molecule has 2 heterocycles. The van der Waals surface area contributed by atoms with Gasteiger partial charge in [0.1, 0.15) is 23.0 Å². The number of hydrogen-bond acceptors (Lipinski definition) is 3. The van der Waals surface area contributed by atoms with Gasteiger partial charge in [0.15, 0.2) is 0 Å². The third kappa shape index (κ3) is 3.27. The van der Waals surface area contributed by atoms with Gasteiger partial charge in [0.05, 0.1) is 6.04 Å². The maximum absolute atomic E-state index is 12.8. The predicted octanol–water partition coefficient (Wildman–Crippen LogP) is 4.30. The second-order valence-corrected chi connectivity index (χ2v) is 6.21. The average Bonchev–Trinajstić information content (AvgIpc) is 3.28. The van der Waals surface area contributed by atoms with Crippen LogP contribution in [0.25, 0.3) is 5.88 Å². The Hall–Kier alpha value is -3.26. The average molecular weight is 347 g/mol. The Morgan fingerprint density at radius 1 is 1.27 bits per heavy atom. The molecule has 1 atom stereocenters. The van der Waals surface area contributed by atoms with Crippen molar-refractivity contribution in [2.45, 2.75) is 33.2 Å². The molecule has 1 aromatic carbocycles. The van der Waals surface area contributed by atoms with E-state index in [0.717, 1.165) is 12.0 Å². The second kappa shape index (κ2) is 7.32. The molecule has 1 N–H and O–H groups in total. The van der Waals surface area contributed by atoms with E-state index in [2.05, 4.69) is 30.4 Å². The van der Waals surface area contributed by atoms with Crippen molar-refractivity contribution < 1.29 is 9.21 Å². The summed E-state index contributed by atoms with van der Waals surface area (Å²) in [6.45, 7) is 5.73. The van der Waals surface area contributed by atoms with Crippen LogP contribution in [0.1, 0.15) is 52.7 Å². The van der Waals surface area contributed by atoms with Crippen LogP contribution >= 0.6 is 0 Å². The molecule has 3 rings (SSSR count). The van der Waals surface area contributed by atoms with E-state index < -0.39 is 0 Å². The zero-order chi connectivity index (χ0) is 18.7. The van der Waals surface area contributed by atoms with Crippen molar-refractivity contribution in [3.8, 4) is 12.0 Å². The zero-order valence-electron chi connectivity index (χ0n) is 15.1. The van der Waals surface area contributed by atoms with Crippen molar-refractivity contribution in [2.75, 3.05) is 0 Å². The van der Waals surface area contributed by atoms with Gasteiger partial charge in [-0.1, -0.05) is 31.2 Å². The number of amides is 1. The topological polar surface area (TPSA) is 71.0 Å². The lowest BCUT2D eigenvalue weighted by molar-refractivity contribution is 0.0938. The maximum atomic E-state index is 12.8. The van der Waals surface area contributed by atoms with E-state index in [4.69, 9.17) is 4.42 Å². The van der Waals surface area contributed by atoms with E-state index in [1.165, 1.54) is 5.56 Å².